The van der Waals surface area contributed by atoms with E-state index in [1.54, 1.807) is 43.5 Å². The highest BCUT2D eigenvalue weighted by Gasteiger charge is 2.41. The molecular weight excluding hydrogens is 318 g/mol. The molecule has 1 aliphatic heterocycles. The average Bonchev–Trinajstić information content (AvgIpc) is 2.80. The summed E-state index contributed by atoms with van der Waals surface area (Å²) in [5.74, 6) is -2.64. The van der Waals surface area contributed by atoms with Crippen molar-refractivity contribution in [2.75, 3.05) is 7.11 Å². The predicted molar refractivity (Wildman–Crippen MR) is 84.3 cm³/mol. The van der Waals surface area contributed by atoms with Crippen molar-refractivity contribution in [3.63, 3.8) is 0 Å². The van der Waals surface area contributed by atoms with Crippen LogP contribution in [0.5, 0.6) is 5.75 Å². The highest BCUT2D eigenvalue weighted by Crippen LogP contribution is 2.31. The summed E-state index contributed by atoms with van der Waals surface area (Å²) < 4.78 is 5.11. The van der Waals surface area contributed by atoms with Crippen molar-refractivity contribution in [1.29, 1.82) is 0 Å². The number of amides is 2. The molecule has 1 N–H and O–H groups in total. The van der Waals surface area contributed by atoms with E-state index < -0.39 is 23.5 Å². The molecule has 1 fully saturated rings. The lowest BCUT2D eigenvalue weighted by Gasteiger charge is -2.09. The molecule has 1 heterocycles. The van der Waals surface area contributed by atoms with Crippen molar-refractivity contribution < 1.29 is 19.1 Å². The standard InChI is InChI=1S/C17H12ClNO4/c1-23-13-7-6-11(8-12(13)18)9-2-4-10(5-3-9)14-15(20)17(22)19-16(14)21/h2-8,14H,1H3,(H,19,21,22). The minimum absolute atomic E-state index is 0.488. The van der Waals surface area contributed by atoms with Crippen LogP contribution < -0.4 is 10.1 Å². The normalized spacial score (nSPS) is 17.3. The van der Waals surface area contributed by atoms with E-state index in [0.717, 1.165) is 11.1 Å². The minimum Gasteiger partial charge on any atom is -0.495 e. The van der Waals surface area contributed by atoms with Gasteiger partial charge in [0.15, 0.2) is 0 Å². The van der Waals surface area contributed by atoms with E-state index in [2.05, 4.69) is 0 Å². The summed E-state index contributed by atoms with van der Waals surface area (Å²) in [7, 11) is 1.54. The number of carbonyl (C=O) groups excluding carboxylic acids is 3. The van der Waals surface area contributed by atoms with Gasteiger partial charge in [-0.15, -0.1) is 0 Å². The third kappa shape index (κ3) is 2.71. The van der Waals surface area contributed by atoms with Crippen LogP contribution in [0.1, 0.15) is 11.5 Å². The Labute approximate surface area is 137 Å². The Kier molecular flexibility index (Phi) is 3.88. The van der Waals surface area contributed by atoms with E-state index in [1.807, 2.05) is 11.4 Å². The molecule has 3 rings (SSSR count). The van der Waals surface area contributed by atoms with Gasteiger partial charge >= 0.3 is 0 Å². The number of methoxy groups -OCH3 is 1. The maximum absolute atomic E-state index is 11.7. The number of ketones is 1. The Hall–Kier alpha value is -2.66. The molecule has 23 heavy (non-hydrogen) atoms. The molecule has 1 unspecified atom stereocenters. The van der Waals surface area contributed by atoms with Crippen LogP contribution in [0.15, 0.2) is 42.5 Å². The summed E-state index contributed by atoms with van der Waals surface area (Å²) in [4.78, 5) is 34.7. The third-order valence-electron chi connectivity index (χ3n) is 3.71. The number of imide groups is 1. The second kappa shape index (κ2) is 5.85. The van der Waals surface area contributed by atoms with Gasteiger partial charge in [0.05, 0.1) is 12.1 Å². The summed E-state index contributed by atoms with van der Waals surface area (Å²) >= 11 is 6.11. The van der Waals surface area contributed by atoms with Crippen LogP contribution in [-0.4, -0.2) is 24.7 Å². The van der Waals surface area contributed by atoms with Gasteiger partial charge < -0.3 is 4.74 Å². The zero-order valence-corrected chi connectivity index (χ0v) is 12.9. The lowest BCUT2D eigenvalue weighted by Crippen LogP contribution is -2.22. The molecule has 116 valence electrons. The summed E-state index contributed by atoms with van der Waals surface area (Å²) in [6, 6.07) is 12.3. The first-order valence-electron chi connectivity index (χ1n) is 6.84. The Morgan fingerprint density at radius 3 is 2.17 bits per heavy atom. The first-order chi connectivity index (χ1) is 11.0. The highest BCUT2D eigenvalue weighted by molar-refractivity contribution is 6.50. The fraction of sp³-hybridized carbons (Fsp3) is 0.118. The summed E-state index contributed by atoms with van der Waals surface area (Å²) in [6.07, 6.45) is 0. The topological polar surface area (TPSA) is 72.5 Å². The number of rotatable bonds is 3. The molecule has 0 bridgehead atoms. The zero-order valence-electron chi connectivity index (χ0n) is 12.1. The van der Waals surface area contributed by atoms with E-state index in [-0.39, 0.29) is 0 Å². The van der Waals surface area contributed by atoms with Crippen LogP contribution in [0, 0.1) is 0 Å². The van der Waals surface area contributed by atoms with Gasteiger partial charge in [0.1, 0.15) is 11.7 Å². The number of carbonyl (C=O) groups is 3. The molecule has 0 spiro atoms. The maximum atomic E-state index is 11.7. The monoisotopic (exact) mass is 329 g/mol. The predicted octanol–water partition coefficient (Wildman–Crippen LogP) is 2.32. The molecule has 0 aliphatic carbocycles. The summed E-state index contributed by atoms with van der Waals surface area (Å²) in [5, 5.41) is 2.51. The molecule has 1 aliphatic rings. The van der Waals surface area contributed by atoms with E-state index in [9.17, 15) is 14.4 Å². The van der Waals surface area contributed by atoms with Crippen LogP contribution in [0.3, 0.4) is 0 Å². The van der Waals surface area contributed by atoms with Crippen molar-refractivity contribution in [3.05, 3.63) is 53.1 Å². The van der Waals surface area contributed by atoms with Gasteiger partial charge in [-0.3, -0.25) is 19.7 Å². The molecule has 2 aromatic rings. The molecule has 0 radical (unpaired) electrons. The second-order valence-electron chi connectivity index (χ2n) is 5.09. The Morgan fingerprint density at radius 1 is 1.00 bits per heavy atom. The van der Waals surface area contributed by atoms with Crippen LogP contribution in [0.25, 0.3) is 11.1 Å². The largest absolute Gasteiger partial charge is 0.495 e. The fourth-order valence-corrected chi connectivity index (χ4v) is 2.77. The van der Waals surface area contributed by atoms with Gasteiger partial charge in [0, 0.05) is 0 Å². The van der Waals surface area contributed by atoms with Gasteiger partial charge in [0.2, 0.25) is 11.7 Å². The van der Waals surface area contributed by atoms with Crippen LogP contribution in [-0.2, 0) is 14.4 Å². The number of hydrogen-bond acceptors (Lipinski definition) is 4. The maximum Gasteiger partial charge on any atom is 0.295 e. The van der Waals surface area contributed by atoms with Crippen molar-refractivity contribution in [1.82, 2.24) is 5.32 Å². The molecule has 1 atom stereocenters. The number of Topliss-reactive ketones (excluding diaryl/α,β-unsaturated/α-hetero) is 1. The molecule has 0 aromatic heterocycles. The first-order valence-corrected chi connectivity index (χ1v) is 7.22. The zero-order chi connectivity index (χ0) is 16.6. The SMILES string of the molecule is COc1ccc(-c2ccc(C3C(=O)NC(=O)C3=O)cc2)cc1Cl. The highest BCUT2D eigenvalue weighted by atomic mass is 35.5. The van der Waals surface area contributed by atoms with Gasteiger partial charge in [-0.25, -0.2) is 0 Å². The van der Waals surface area contributed by atoms with Crippen LogP contribution in [0.4, 0.5) is 0 Å². The molecule has 1 saturated heterocycles. The van der Waals surface area contributed by atoms with E-state index in [0.29, 0.717) is 16.3 Å². The molecule has 5 nitrogen and oxygen atoms in total. The van der Waals surface area contributed by atoms with Crippen LogP contribution >= 0.6 is 11.6 Å². The van der Waals surface area contributed by atoms with E-state index in [4.69, 9.17) is 16.3 Å². The second-order valence-corrected chi connectivity index (χ2v) is 5.49. The first kappa shape index (κ1) is 15.2. The molecule has 6 heteroatoms. The smallest absolute Gasteiger partial charge is 0.295 e. The number of ether oxygens (including phenoxy) is 1. The fourth-order valence-electron chi connectivity index (χ4n) is 2.51. The molecule has 2 aromatic carbocycles. The van der Waals surface area contributed by atoms with Crippen molar-refractivity contribution in [3.8, 4) is 16.9 Å². The van der Waals surface area contributed by atoms with E-state index >= 15 is 0 Å². The Balaban J connectivity index is 1.91. The number of nitrogens with one attached hydrogen (secondary N) is 1. The van der Waals surface area contributed by atoms with Crippen molar-refractivity contribution >= 4 is 29.2 Å². The van der Waals surface area contributed by atoms with Crippen LogP contribution in [0.2, 0.25) is 5.02 Å². The number of benzene rings is 2. The lowest BCUT2D eigenvalue weighted by molar-refractivity contribution is -0.135. The summed E-state index contributed by atoms with van der Waals surface area (Å²) in [5.41, 5.74) is 2.23. The minimum atomic E-state index is -1.06. The van der Waals surface area contributed by atoms with Gasteiger partial charge in [-0.1, -0.05) is 41.9 Å². The van der Waals surface area contributed by atoms with Gasteiger partial charge in [-0.2, -0.15) is 0 Å². The van der Waals surface area contributed by atoms with Crippen molar-refractivity contribution in [2.45, 2.75) is 5.92 Å². The quantitative estimate of drug-likeness (QED) is 0.533. The molecule has 0 saturated carbocycles. The third-order valence-corrected chi connectivity index (χ3v) is 4.01. The summed E-state index contributed by atoms with van der Waals surface area (Å²) in [6.45, 7) is 0. The van der Waals surface area contributed by atoms with Gasteiger partial charge in [0.25, 0.3) is 5.91 Å². The Bertz CT molecular complexity index is 814. The average molecular weight is 330 g/mol. The lowest BCUT2D eigenvalue weighted by atomic mass is 9.94. The van der Waals surface area contributed by atoms with Gasteiger partial charge in [-0.05, 0) is 28.8 Å². The number of hydrogen-bond donors (Lipinski definition) is 1. The number of halogens is 1. The van der Waals surface area contributed by atoms with E-state index in [1.165, 1.54) is 0 Å². The molecular formula is C17H12ClNO4. The molecule has 2 amide bonds. The Morgan fingerprint density at radius 2 is 1.65 bits per heavy atom. The van der Waals surface area contributed by atoms with Crippen molar-refractivity contribution in [2.24, 2.45) is 0 Å².